The number of nitrogens with one attached hydrogen (secondary N) is 2. The number of methoxy groups -OCH3 is 3. The average Bonchev–Trinajstić information content (AvgIpc) is 2.74. The average molecular weight is 396 g/mol. The first-order chi connectivity index (χ1) is 14.0. The molecule has 0 saturated heterocycles. The number of carbonyl (C=O) groups is 1. The lowest BCUT2D eigenvalue weighted by Gasteiger charge is -2.13. The lowest BCUT2D eigenvalue weighted by atomic mass is 10.1. The standard InChI is InChI=1S/C22H24N2O5/c1-13-8-9-18(29-4)20-15(13)12-14(21(25)24-20)10-11-23-22(26)19-16(27-2)6-5-7-17(19)28-3/h5-9,12H,10-11H2,1-4H3,(H,23,26)(H,24,25). The monoisotopic (exact) mass is 396 g/mol. The van der Waals surface area contributed by atoms with Gasteiger partial charge in [-0.05, 0) is 43.2 Å². The molecule has 0 atom stereocenters. The maximum atomic E-state index is 12.7. The van der Waals surface area contributed by atoms with Gasteiger partial charge in [0.15, 0.2) is 0 Å². The van der Waals surface area contributed by atoms with Gasteiger partial charge in [0.05, 0.1) is 26.8 Å². The van der Waals surface area contributed by atoms with Gasteiger partial charge in [0, 0.05) is 17.5 Å². The number of hydrogen-bond donors (Lipinski definition) is 2. The molecule has 0 bridgehead atoms. The SMILES string of the molecule is COc1cccc(OC)c1C(=O)NCCc1cc2c(C)ccc(OC)c2[nH]c1=O. The molecule has 1 aromatic heterocycles. The van der Waals surface area contributed by atoms with Crippen LogP contribution in [0.2, 0.25) is 0 Å². The molecule has 0 spiro atoms. The van der Waals surface area contributed by atoms with Crippen molar-refractivity contribution in [2.75, 3.05) is 27.9 Å². The Morgan fingerprint density at radius 1 is 1.00 bits per heavy atom. The summed E-state index contributed by atoms with van der Waals surface area (Å²) >= 11 is 0. The lowest BCUT2D eigenvalue weighted by molar-refractivity contribution is 0.0948. The highest BCUT2D eigenvalue weighted by atomic mass is 16.5. The van der Waals surface area contributed by atoms with E-state index in [4.69, 9.17) is 14.2 Å². The van der Waals surface area contributed by atoms with E-state index in [1.54, 1.807) is 25.3 Å². The van der Waals surface area contributed by atoms with Crippen LogP contribution < -0.4 is 25.1 Å². The van der Waals surface area contributed by atoms with E-state index in [1.165, 1.54) is 14.2 Å². The first-order valence-electron chi connectivity index (χ1n) is 9.18. The number of ether oxygens (including phenoxy) is 3. The smallest absolute Gasteiger partial charge is 0.258 e. The van der Waals surface area contributed by atoms with Crippen molar-refractivity contribution in [3.05, 3.63) is 63.4 Å². The van der Waals surface area contributed by atoms with Gasteiger partial charge in [-0.15, -0.1) is 0 Å². The fourth-order valence-electron chi connectivity index (χ4n) is 3.28. The number of pyridine rings is 1. The number of aryl methyl sites for hydroxylation is 1. The second-order valence-corrected chi connectivity index (χ2v) is 6.54. The third kappa shape index (κ3) is 4.03. The molecular formula is C22H24N2O5. The fraction of sp³-hybridized carbons (Fsp3) is 0.273. The third-order valence-electron chi connectivity index (χ3n) is 4.83. The maximum absolute atomic E-state index is 12.7. The number of hydrogen-bond acceptors (Lipinski definition) is 5. The third-order valence-corrected chi connectivity index (χ3v) is 4.83. The molecule has 0 aliphatic rings. The minimum Gasteiger partial charge on any atom is -0.496 e. The predicted molar refractivity (Wildman–Crippen MR) is 111 cm³/mol. The summed E-state index contributed by atoms with van der Waals surface area (Å²) in [5.41, 5.74) is 2.40. The van der Waals surface area contributed by atoms with Gasteiger partial charge in [-0.2, -0.15) is 0 Å². The van der Waals surface area contributed by atoms with Crippen LogP contribution in [0.4, 0.5) is 0 Å². The van der Waals surface area contributed by atoms with E-state index in [0.717, 1.165) is 10.9 Å². The molecule has 0 saturated carbocycles. The van der Waals surface area contributed by atoms with Gasteiger partial charge in [-0.25, -0.2) is 0 Å². The van der Waals surface area contributed by atoms with Crippen LogP contribution >= 0.6 is 0 Å². The van der Waals surface area contributed by atoms with Gasteiger partial charge in [0.1, 0.15) is 22.8 Å². The second kappa shape index (κ2) is 8.68. The molecule has 152 valence electrons. The summed E-state index contributed by atoms with van der Waals surface area (Å²) in [4.78, 5) is 28.0. The van der Waals surface area contributed by atoms with Crippen molar-refractivity contribution in [3.63, 3.8) is 0 Å². The molecule has 0 radical (unpaired) electrons. The van der Waals surface area contributed by atoms with E-state index in [9.17, 15) is 9.59 Å². The summed E-state index contributed by atoms with van der Waals surface area (Å²) in [6, 6.07) is 10.8. The van der Waals surface area contributed by atoms with Crippen molar-refractivity contribution < 1.29 is 19.0 Å². The number of aromatic nitrogens is 1. The zero-order valence-electron chi connectivity index (χ0n) is 16.9. The number of aromatic amines is 1. The summed E-state index contributed by atoms with van der Waals surface area (Å²) < 4.78 is 15.9. The molecule has 1 amide bonds. The Labute approximate surface area is 168 Å². The first kappa shape index (κ1) is 20.3. The molecule has 1 heterocycles. The van der Waals surface area contributed by atoms with E-state index in [2.05, 4.69) is 10.3 Å². The molecule has 2 N–H and O–H groups in total. The number of H-pyrrole nitrogens is 1. The molecule has 29 heavy (non-hydrogen) atoms. The Hall–Kier alpha value is -3.48. The summed E-state index contributed by atoms with van der Waals surface area (Å²) in [7, 11) is 4.56. The minimum atomic E-state index is -0.325. The van der Waals surface area contributed by atoms with Crippen molar-refractivity contribution >= 4 is 16.8 Å². The quantitative estimate of drug-likeness (QED) is 0.641. The van der Waals surface area contributed by atoms with Crippen LogP contribution in [0, 0.1) is 6.92 Å². The molecule has 7 nitrogen and oxygen atoms in total. The Morgan fingerprint density at radius 2 is 1.66 bits per heavy atom. The molecule has 0 unspecified atom stereocenters. The second-order valence-electron chi connectivity index (χ2n) is 6.54. The minimum absolute atomic E-state index is 0.203. The van der Waals surface area contributed by atoms with Crippen LogP contribution in [0.1, 0.15) is 21.5 Å². The molecule has 0 aliphatic carbocycles. The van der Waals surface area contributed by atoms with Gasteiger partial charge in [-0.1, -0.05) is 12.1 Å². The van der Waals surface area contributed by atoms with Crippen molar-refractivity contribution in [3.8, 4) is 17.2 Å². The van der Waals surface area contributed by atoms with Gasteiger partial charge < -0.3 is 24.5 Å². The Balaban J connectivity index is 1.80. The van der Waals surface area contributed by atoms with Crippen LogP contribution in [0.3, 0.4) is 0 Å². The van der Waals surface area contributed by atoms with E-state index in [0.29, 0.717) is 40.3 Å². The van der Waals surface area contributed by atoms with E-state index >= 15 is 0 Å². The highest BCUT2D eigenvalue weighted by molar-refractivity contribution is 5.99. The first-order valence-corrected chi connectivity index (χ1v) is 9.18. The van der Waals surface area contributed by atoms with E-state index in [-0.39, 0.29) is 18.0 Å². The van der Waals surface area contributed by atoms with Crippen LogP contribution in [-0.2, 0) is 6.42 Å². The van der Waals surface area contributed by atoms with Crippen LogP contribution in [0.5, 0.6) is 17.2 Å². The molecule has 3 aromatic rings. The number of rotatable bonds is 7. The zero-order chi connectivity index (χ0) is 21.0. The molecular weight excluding hydrogens is 372 g/mol. The van der Waals surface area contributed by atoms with Crippen molar-refractivity contribution in [1.29, 1.82) is 0 Å². The number of benzene rings is 2. The van der Waals surface area contributed by atoms with Crippen LogP contribution in [-0.4, -0.2) is 38.8 Å². The summed E-state index contributed by atoms with van der Waals surface area (Å²) in [6.45, 7) is 2.26. The molecule has 2 aromatic carbocycles. The molecule has 0 aliphatic heterocycles. The molecule has 3 rings (SSSR count). The normalized spacial score (nSPS) is 10.6. The number of carbonyl (C=O) groups excluding carboxylic acids is 1. The van der Waals surface area contributed by atoms with Gasteiger partial charge in [-0.3, -0.25) is 9.59 Å². The van der Waals surface area contributed by atoms with E-state index < -0.39 is 0 Å². The Bertz CT molecular complexity index is 1080. The summed E-state index contributed by atoms with van der Waals surface area (Å²) in [6.07, 6.45) is 0.380. The highest BCUT2D eigenvalue weighted by Gasteiger charge is 2.18. The molecule has 7 heteroatoms. The maximum Gasteiger partial charge on any atom is 0.258 e. The van der Waals surface area contributed by atoms with Crippen molar-refractivity contribution in [2.24, 2.45) is 0 Å². The number of fused-ring (bicyclic) bond motifs is 1. The van der Waals surface area contributed by atoms with Crippen molar-refractivity contribution in [1.82, 2.24) is 10.3 Å². The largest absolute Gasteiger partial charge is 0.496 e. The highest BCUT2D eigenvalue weighted by Crippen LogP contribution is 2.28. The van der Waals surface area contributed by atoms with Gasteiger partial charge in [0.25, 0.3) is 11.5 Å². The Kier molecular flexibility index (Phi) is 6.07. The number of amides is 1. The summed E-state index contributed by atoms with van der Waals surface area (Å²) in [5.74, 6) is 1.14. The van der Waals surface area contributed by atoms with Crippen molar-refractivity contribution in [2.45, 2.75) is 13.3 Å². The predicted octanol–water partition coefficient (Wildman–Crippen LogP) is 2.83. The zero-order valence-corrected chi connectivity index (χ0v) is 16.9. The van der Waals surface area contributed by atoms with Crippen LogP contribution in [0.15, 0.2) is 41.2 Å². The molecule has 0 fully saturated rings. The fourth-order valence-corrected chi connectivity index (χ4v) is 3.28. The topological polar surface area (TPSA) is 89.7 Å². The summed E-state index contributed by atoms with van der Waals surface area (Å²) in [5, 5.41) is 3.75. The lowest BCUT2D eigenvalue weighted by Crippen LogP contribution is -2.28. The Morgan fingerprint density at radius 3 is 2.28 bits per heavy atom. The van der Waals surface area contributed by atoms with Gasteiger partial charge in [0.2, 0.25) is 0 Å². The van der Waals surface area contributed by atoms with Crippen LogP contribution in [0.25, 0.3) is 10.9 Å². The van der Waals surface area contributed by atoms with Gasteiger partial charge >= 0.3 is 0 Å². The van der Waals surface area contributed by atoms with E-state index in [1.807, 2.05) is 25.1 Å².